The predicted octanol–water partition coefficient (Wildman–Crippen LogP) is 6.83. The molecule has 0 aromatic heterocycles. The molecule has 9 unspecified atom stereocenters. The van der Waals surface area contributed by atoms with E-state index in [1.807, 2.05) is 6.08 Å². The molecule has 8 aliphatic carbocycles. The van der Waals surface area contributed by atoms with Gasteiger partial charge in [0.05, 0.1) is 11.8 Å². The van der Waals surface area contributed by atoms with Gasteiger partial charge in [0.15, 0.2) is 0 Å². The summed E-state index contributed by atoms with van der Waals surface area (Å²) >= 11 is 0. The van der Waals surface area contributed by atoms with Crippen LogP contribution in [-0.4, -0.2) is 66.3 Å². The second kappa shape index (κ2) is 14.2. The fourth-order valence-electron chi connectivity index (χ4n) is 11.4. The number of nitrogens with zero attached hydrogens (tertiary/aromatic N) is 1. The van der Waals surface area contributed by atoms with E-state index in [1.165, 1.54) is 32.1 Å². The standard InChI is InChI=1S/C15H22O2.C14H13F4NO4S.C12H14O4/c1-9(2)14(16)17-15(3)12-5-10-4-11(7-12)8-13(15)6-10;1-3-13(15,16)14(17,18)24(21,22)23-19-7(2)10-8-4-5-9(6-8)11(10)12(19)20;1-5(2)11(13)15-9-6-3-7-8(4-6)12(14)16-10(7)9/h10-13H,1,4-8H2,2-3H3;3-5,8-11H,1-2,6H2;6-10H,1,3-4H2,2H3. The van der Waals surface area contributed by atoms with Crippen molar-refractivity contribution < 1.29 is 63.7 Å². The number of esters is 3. The first kappa shape index (κ1) is 41.4. The first-order chi connectivity index (χ1) is 26.5. The normalized spacial score (nSPS) is 39.9. The lowest BCUT2D eigenvalue weighted by atomic mass is 9.50. The molecule has 9 atom stereocenters. The van der Waals surface area contributed by atoms with Gasteiger partial charge in [-0.05, 0) is 114 Å². The number of hydrogen-bond acceptors (Lipinski definition) is 10. The molecule has 7 saturated carbocycles. The topological polar surface area (TPSA) is 143 Å². The number of halogens is 4. The van der Waals surface area contributed by atoms with E-state index >= 15 is 0 Å². The number of carbonyl (C=O) groups is 4. The highest BCUT2D eigenvalue weighted by Gasteiger charge is 2.68. The fraction of sp³-hybridized carbons (Fsp3) is 0.659. The quantitative estimate of drug-likeness (QED) is 0.0799. The molecule has 1 amide bonds. The number of carbonyl (C=O) groups excluding carboxylic acids is 4. The monoisotopic (exact) mass is 823 g/mol. The Labute approximate surface area is 329 Å². The molecule has 0 spiro atoms. The zero-order valence-electron chi connectivity index (χ0n) is 32.2. The Morgan fingerprint density at radius 3 is 1.98 bits per heavy atom. The summed E-state index contributed by atoms with van der Waals surface area (Å²) in [5.74, 6) is -4.35. The van der Waals surface area contributed by atoms with Gasteiger partial charge in [-0.2, -0.15) is 31.0 Å². The molecule has 0 aromatic carbocycles. The van der Waals surface area contributed by atoms with Crippen LogP contribution >= 0.6 is 0 Å². The van der Waals surface area contributed by atoms with Crippen LogP contribution in [0.2, 0.25) is 0 Å². The van der Waals surface area contributed by atoms with Crippen LogP contribution in [0.3, 0.4) is 0 Å². The average Bonchev–Trinajstić information content (AvgIpc) is 3.98. The molecule has 11 nitrogen and oxygen atoms in total. The molecule has 2 saturated heterocycles. The van der Waals surface area contributed by atoms with Gasteiger partial charge in [0.25, 0.3) is 5.91 Å². The lowest BCUT2D eigenvalue weighted by molar-refractivity contribution is -0.199. The van der Waals surface area contributed by atoms with Crippen molar-refractivity contribution in [2.75, 3.05) is 0 Å². The average molecular weight is 824 g/mol. The first-order valence-electron chi connectivity index (χ1n) is 19.5. The molecule has 2 heterocycles. The van der Waals surface area contributed by atoms with Crippen LogP contribution in [0.15, 0.2) is 61.4 Å². The number of hydrogen-bond donors (Lipinski definition) is 0. The van der Waals surface area contributed by atoms with Gasteiger partial charge in [-0.3, -0.25) is 9.59 Å². The van der Waals surface area contributed by atoms with Gasteiger partial charge in [-0.25, -0.2) is 9.59 Å². The molecular weight excluding hydrogens is 775 g/mol. The van der Waals surface area contributed by atoms with Gasteiger partial charge in [0, 0.05) is 34.6 Å². The van der Waals surface area contributed by atoms with E-state index in [2.05, 4.69) is 37.5 Å². The molecule has 9 fully saturated rings. The predicted molar refractivity (Wildman–Crippen MR) is 194 cm³/mol. The summed E-state index contributed by atoms with van der Waals surface area (Å²) in [4.78, 5) is 47.1. The van der Waals surface area contributed by atoms with Crippen molar-refractivity contribution in [1.29, 1.82) is 0 Å². The third kappa shape index (κ3) is 6.70. The SMILES string of the molecule is C=C(C)C(=O)OC1(C)C2CC3CC(C2)CC1C3.C=C(C)C(=O)OC1C2CC3C(=O)OC1C3C2.C=CC(F)(F)C(F)(F)S(=O)(=O)ON1C(=C)C2C3C=CC(C3)C2C1=O. The summed E-state index contributed by atoms with van der Waals surface area (Å²) in [6, 6.07) is 0. The second-order valence-corrected chi connectivity index (χ2v) is 19.3. The Balaban J connectivity index is 0.000000134. The number of ether oxygens (including phenoxy) is 3. The fourth-order valence-corrected chi connectivity index (χ4v) is 12.3. The molecule has 0 radical (unpaired) electrons. The molecule has 10 aliphatic rings. The van der Waals surface area contributed by atoms with Crippen LogP contribution in [0.5, 0.6) is 0 Å². The Bertz CT molecular complexity index is 1890. The van der Waals surface area contributed by atoms with Gasteiger partial charge >= 0.3 is 39.2 Å². The third-order valence-electron chi connectivity index (χ3n) is 14.1. The van der Waals surface area contributed by atoms with E-state index in [-0.39, 0.29) is 70.1 Å². The van der Waals surface area contributed by atoms with Crippen molar-refractivity contribution in [3.05, 3.63) is 61.4 Å². The lowest BCUT2D eigenvalue weighted by Gasteiger charge is -2.59. The zero-order valence-corrected chi connectivity index (χ0v) is 33.0. The van der Waals surface area contributed by atoms with Crippen LogP contribution in [-0.2, 0) is 47.8 Å². The van der Waals surface area contributed by atoms with Gasteiger partial charge in [-0.1, -0.05) is 38.5 Å². The van der Waals surface area contributed by atoms with E-state index < -0.39 is 45.1 Å². The molecular formula is C41H49F4NO10S. The molecule has 10 rings (SSSR count). The minimum absolute atomic E-state index is 0.0646. The largest absolute Gasteiger partial charge is 0.458 e. The van der Waals surface area contributed by atoms with E-state index in [4.69, 9.17) is 14.2 Å². The number of alkyl halides is 4. The Morgan fingerprint density at radius 2 is 1.46 bits per heavy atom. The minimum atomic E-state index is -6.16. The molecule has 8 bridgehead atoms. The molecule has 0 N–H and O–H groups in total. The number of fused-ring (bicyclic) bond motifs is 6. The van der Waals surface area contributed by atoms with E-state index in [0.29, 0.717) is 35.3 Å². The summed E-state index contributed by atoms with van der Waals surface area (Å²) in [5.41, 5.74) is 0.593. The molecule has 0 aromatic rings. The number of allylic oxidation sites excluding steroid dienone is 4. The molecule has 16 heteroatoms. The maximum Gasteiger partial charge on any atom is 0.437 e. The smallest absolute Gasteiger partial charge is 0.437 e. The Hall–Kier alpha value is -3.79. The van der Waals surface area contributed by atoms with Gasteiger partial charge < -0.3 is 14.2 Å². The van der Waals surface area contributed by atoms with Crippen LogP contribution in [0.4, 0.5) is 17.6 Å². The summed E-state index contributed by atoms with van der Waals surface area (Å²) in [7, 11) is -6.16. The third-order valence-corrected chi connectivity index (χ3v) is 15.4. The summed E-state index contributed by atoms with van der Waals surface area (Å²) in [6.45, 7) is 18.8. The number of rotatable bonds is 9. The summed E-state index contributed by atoms with van der Waals surface area (Å²) in [5, 5.41) is -5.47. The van der Waals surface area contributed by atoms with E-state index in [9.17, 15) is 45.2 Å². The summed E-state index contributed by atoms with van der Waals surface area (Å²) in [6.07, 6.45) is 11.6. The molecule has 312 valence electrons. The maximum atomic E-state index is 13.6. The minimum Gasteiger partial charge on any atom is -0.458 e. The highest BCUT2D eigenvalue weighted by Crippen LogP contribution is 2.60. The highest BCUT2D eigenvalue weighted by molar-refractivity contribution is 7.87. The number of hydroxylamine groups is 2. The van der Waals surface area contributed by atoms with Crippen molar-refractivity contribution >= 4 is 33.9 Å². The van der Waals surface area contributed by atoms with Crippen LogP contribution in [0.25, 0.3) is 0 Å². The lowest BCUT2D eigenvalue weighted by Crippen LogP contribution is -2.58. The highest BCUT2D eigenvalue weighted by atomic mass is 32.2. The van der Waals surface area contributed by atoms with Gasteiger partial charge in [0.2, 0.25) is 0 Å². The summed E-state index contributed by atoms with van der Waals surface area (Å²) < 4.78 is 97.5. The van der Waals surface area contributed by atoms with Gasteiger partial charge in [0.1, 0.15) is 17.8 Å². The van der Waals surface area contributed by atoms with Crippen LogP contribution < -0.4 is 0 Å². The van der Waals surface area contributed by atoms with Crippen LogP contribution in [0.1, 0.15) is 72.1 Å². The first-order valence-corrected chi connectivity index (χ1v) is 20.9. The van der Waals surface area contributed by atoms with E-state index in [0.717, 1.165) is 24.7 Å². The van der Waals surface area contributed by atoms with Crippen molar-refractivity contribution in [2.45, 2.75) is 101 Å². The van der Waals surface area contributed by atoms with E-state index in [1.54, 1.807) is 19.9 Å². The van der Waals surface area contributed by atoms with Crippen LogP contribution in [0, 0.1) is 65.1 Å². The molecule has 57 heavy (non-hydrogen) atoms. The Kier molecular flexibility index (Phi) is 10.3. The van der Waals surface area contributed by atoms with Crippen molar-refractivity contribution in [3.63, 3.8) is 0 Å². The van der Waals surface area contributed by atoms with Crippen molar-refractivity contribution in [1.82, 2.24) is 5.06 Å². The Morgan fingerprint density at radius 1 is 0.895 bits per heavy atom. The van der Waals surface area contributed by atoms with Gasteiger partial charge in [-0.15, -0.1) is 4.28 Å². The molecule has 2 aliphatic heterocycles. The van der Waals surface area contributed by atoms with Crippen molar-refractivity contribution in [2.24, 2.45) is 65.1 Å². The number of amides is 1. The maximum absolute atomic E-state index is 13.6. The van der Waals surface area contributed by atoms with Crippen molar-refractivity contribution in [3.8, 4) is 0 Å². The zero-order chi connectivity index (χ0) is 41.7. The second-order valence-electron chi connectivity index (χ2n) is 17.7.